The van der Waals surface area contributed by atoms with Crippen molar-refractivity contribution in [3.63, 3.8) is 0 Å². The summed E-state index contributed by atoms with van der Waals surface area (Å²) in [5.74, 6) is -2.55. The molecule has 1 aliphatic rings. The first-order valence-electron chi connectivity index (χ1n) is 8.33. The van der Waals surface area contributed by atoms with Crippen LogP contribution in [0.5, 0.6) is 0 Å². The molecule has 1 aliphatic heterocycles. The van der Waals surface area contributed by atoms with Gasteiger partial charge >= 0.3 is 5.97 Å². The third-order valence-electron chi connectivity index (χ3n) is 4.30. The van der Waals surface area contributed by atoms with E-state index >= 15 is 0 Å². The highest BCUT2D eigenvalue weighted by molar-refractivity contribution is 7.94. The van der Waals surface area contributed by atoms with Crippen LogP contribution in [0, 0.1) is 5.41 Å². The Hall–Kier alpha value is -3.20. The molecule has 1 fully saturated rings. The van der Waals surface area contributed by atoms with E-state index in [0.717, 1.165) is 4.31 Å². The van der Waals surface area contributed by atoms with Crippen LogP contribution in [0.1, 0.15) is 34.6 Å². The van der Waals surface area contributed by atoms with Gasteiger partial charge in [-0.25, -0.2) is 17.5 Å². The van der Waals surface area contributed by atoms with Crippen LogP contribution >= 0.6 is 0 Å². The minimum atomic E-state index is -3.83. The lowest BCUT2D eigenvalue weighted by atomic mass is 9.95. The summed E-state index contributed by atoms with van der Waals surface area (Å²) in [6.07, 6.45) is 0. The number of nitrogens with zero attached hydrogens (tertiary/aromatic N) is 1. The van der Waals surface area contributed by atoms with Crippen molar-refractivity contribution in [2.75, 3.05) is 15.4 Å². The summed E-state index contributed by atoms with van der Waals surface area (Å²) in [4.78, 5) is 36.1. The quantitative estimate of drug-likeness (QED) is 0.810. The van der Waals surface area contributed by atoms with Gasteiger partial charge in [0, 0.05) is 11.3 Å². The van der Waals surface area contributed by atoms with E-state index in [2.05, 4.69) is 5.32 Å². The number of hydrogen-bond acceptors (Lipinski definition) is 5. The van der Waals surface area contributed by atoms with Crippen molar-refractivity contribution in [1.29, 1.82) is 0 Å². The summed E-state index contributed by atoms with van der Waals surface area (Å²) < 4.78 is 25.6. The van der Waals surface area contributed by atoms with Crippen LogP contribution in [-0.4, -0.2) is 37.1 Å². The topological polar surface area (TPSA) is 121 Å². The lowest BCUT2D eigenvalue weighted by Crippen LogP contribution is -2.33. The third kappa shape index (κ3) is 3.61. The van der Waals surface area contributed by atoms with Gasteiger partial charge in [0.1, 0.15) is 0 Å². The third-order valence-corrected chi connectivity index (χ3v) is 6.31. The average Bonchev–Trinajstić information content (AvgIpc) is 2.78. The Morgan fingerprint density at radius 1 is 1.07 bits per heavy atom. The molecule has 9 heteroatoms. The zero-order valence-electron chi connectivity index (χ0n) is 15.2. The summed E-state index contributed by atoms with van der Waals surface area (Å²) in [6.45, 7) is 3.11. The number of sulfonamides is 1. The number of aromatic carboxylic acids is 1. The monoisotopic (exact) mass is 402 g/mol. The van der Waals surface area contributed by atoms with E-state index in [4.69, 9.17) is 5.11 Å². The first-order valence-corrected chi connectivity index (χ1v) is 9.94. The molecule has 0 saturated carbocycles. The molecule has 0 aromatic heterocycles. The smallest absolute Gasteiger partial charge is 0.335 e. The predicted molar refractivity (Wildman–Crippen MR) is 103 cm³/mol. The average molecular weight is 402 g/mol. The summed E-state index contributed by atoms with van der Waals surface area (Å²) in [5, 5.41) is 11.6. The number of carbonyl (C=O) groups is 3. The maximum absolute atomic E-state index is 12.5. The largest absolute Gasteiger partial charge is 0.478 e. The van der Waals surface area contributed by atoms with Crippen molar-refractivity contribution >= 4 is 39.2 Å². The number of carboxylic acids is 1. The molecule has 2 N–H and O–H groups in total. The van der Waals surface area contributed by atoms with E-state index in [9.17, 15) is 22.8 Å². The number of hydrogen-bond donors (Lipinski definition) is 2. The SMILES string of the molecule is CC1(C)CS(=O)(=O)N(c2cccc(C(=O)Nc3cccc(C(=O)O)c3)c2)C1=O. The Balaban J connectivity index is 1.90. The van der Waals surface area contributed by atoms with E-state index < -0.39 is 33.2 Å². The van der Waals surface area contributed by atoms with Crippen molar-refractivity contribution in [2.24, 2.45) is 5.41 Å². The molecule has 0 bridgehead atoms. The fourth-order valence-electron chi connectivity index (χ4n) is 2.97. The first kappa shape index (κ1) is 19.6. The lowest BCUT2D eigenvalue weighted by molar-refractivity contribution is -0.123. The van der Waals surface area contributed by atoms with Gasteiger partial charge in [0.25, 0.3) is 5.91 Å². The van der Waals surface area contributed by atoms with E-state index in [0.29, 0.717) is 0 Å². The predicted octanol–water partition coefficient (Wildman–Crippen LogP) is 2.34. The van der Waals surface area contributed by atoms with Gasteiger partial charge in [0.15, 0.2) is 0 Å². The Morgan fingerprint density at radius 3 is 2.32 bits per heavy atom. The summed E-state index contributed by atoms with van der Waals surface area (Å²) >= 11 is 0. The molecule has 0 radical (unpaired) electrons. The minimum Gasteiger partial charge on any atom is -0.478 e. The standard InChI is InChI=1S/C19H18N2O6S/c1-19(2)11-28(26,27)21(18(19)25)15-8-4-5-12(10-15)16(22)20-14-7-3-6-13(9-14)17(23)24/h3-10H,11H2,1-2H3,(H,20,22)(H,23,24). The van der Waals surface area contributed by atoms with Gasteiger partial charge in [0.2, 0.25) is 15.9 Å². The van der Waals surface area contributed by atoms with Crippen molar-refractivity contribution in [2.45, 2.75) is 13.8 Å². The molecule has 28 heavy (non-hydrogen) atoms. The van der Waals surface area contributed by atoms with Crippen LogP contribution in [0.2, 0.25) is 0 Å². The maximum atomic E-state index is 12.5. The lowest BCUT2D eigenvalue weighted by Gasteiger charge is -2.18. The zero-order valence-corrected chi connectivity index (χ0v) is 16.0. The molecule has 0 atom stereocenters. The number of anilines is 2. The molecule has 1 heterocycles. The minimum absolute atomic E-state index is 0.0162. The van der Waals surface area contributed by atoms with Crippen LogP contribution in [0.3, 0.4) is 0 Å². The zero-order chi connectivity index (χ0) is 20.7. The van der Waals surface area contributed by atoms with Gasteiger partial charge in [-0.05, 0) is 50.2 Å². The van der Waals surface area contributed by atoms with Crippen molar-refractivity contribution < 1.29 is 27.9 Å². The maximum Gasteiger partial charge on any atom is 0.335 e. The number of rotatable bonds is 4. The summed E-state index contributed by atoms with van der Waals surface area (Å²) in [7, 11) is -3.83. The highest BCUT2D eigenvalue weighted by atomic mass is 32.2. The molecule has 2 amide bonds. The fraction of sp³-hybridized carbons (Fsp3) is 0.211. The second kappa shape index (κ2) is 6.75. The van der Waals surface area contributed by atoms with Gasteiger partial charge in [-0.1, -0.05) is 12.1 Å². The van der Waals surface area contributed by atoms with E-state index in [1.54, 1.807) is 13.8 Å². The molecule has 0 aliphatic carbocycles. The second-order valence-corrected chi connectivity index (χ2v) is 8.92. The van der Waals surface area contributed by atoms with Gasteiger partial charge < -0.3 is 10.4 Å². The molecular formula is C19H18N2O6S. The number of benzene rings is 2. The van der Waals surface area contributed by atoms with Crippen LogP contribution in [0.25, 0.3) is 0 Å². The number of amides is 2. The highest BCUT2D eigenvalue weighted by Gasteiger charge is 2.49. The van der Waals surface area contributed by atoms with Crippen molar-refractivity contribution in [3.05, 3.63) is 59.7 Å². The van der Waals surface area contributed by atoms with Crippen LogP contribution < -0.4 is 9.62 Å². The normalized spacial score (nSPS) is 17.4. The Labute approximate surface area is 161 Å². The number of carbonyl (C=O) groups excluding carboxylic acids is 2. The molecule has 1 saturated heterocycles. The Bertz CT molecular complexity index is 1090. The van der Waals surface area contributed by atoms with Crippen molar-refractivity contribution in [1.82, 2.24) is 0 Å². The molecule has 8 nitrogen and oxygen atoms in total. The Morgan fingerprint density at radius 2 is 1.71 bits per heavy atom. The molecule has 0 spiro atoms. The molecule has 3 rings (SSSR count). The van der Waals surface area contributed by atoms with Crippen LogP contribution in [0.15, 0.2) is 48.5 Å². The first-order chi connectivity index (χ1) is 13.0. The summed E-state index contributed by atoms with van der Waals surface area (Å²) in [6, 6.07) is 11.4. The van der Waals surface area contributed by atoms with Crippen LogP contribution in [-0.2, 0) is 14.8 Å². The summed E-state index contributed by atoms with van der Waals surface area (Å²) in [5.41, 5.74) is -0.536. The highest BCUT2D eigenvalue weighted by Crippen LogP contribution is 2.36. The molecule has 2 aromatic rings. The fourth-order valence-corrected chi connectivity index (χ4v) is 5.07. The molecular weight excluding hydrogens is 384 g/mol. The van der Waals surface area contributed by atoms with Gasteiger partial charge in [-0.2, -0.15) is 0 Å². The number of carboxylic acid groups (broad SMARTS) is 1. The molecule has 146 valence electrons. The Kier molecular flexibility index (Phi) is 4.72. The number of nitrogens with one attached hydrogen (secondary N) is 1. The van der Waals surface area contributed by atoms with E-state index in [1.165, 1.54) is 48.5 Å². The molecule has 0 unspecified atom stereocenters. The van der Waals surface area contributed by atoms with Gasteiger partial charge in [0.05, 0.1) is 22.4 Å². The van der Waals surface area contributed by atoms with Gasteiger partial charge in [-0.3, -0.25) is 9.59 Å². The molecule has 2 aromatic carbocycles. The van der Waals surface area contributed by atoms with E-state index in [1.807, 2.05) is 0 Å². The van der Waals surface area contributed by atoms with Crippen LogP contribution in [0.4, 0.5) is 11.4 Å². The van der Waals surface area contributed by atoms with E-state index in [-0.39, 0.29) is 28.3 Å². The second-order valence-electron chi connectivity index (χ2n) is 7.10. The van der Waals surface area contributed by atoms with Crippen molar-refractivity contribution in [3.8, 4) is 0 Å². The van der Waals surface area contributed by atoms with Gasteiger partial charge in [-0.15, -0.1) is 0 Å².